The van der Waals surface area contributed by atoms with Gasteiger partial charge in [-0.05, 0) is 17.7 Å². The molecule has 5 rings (SSSR count). The number of benzene rings is 2. The maximum Gasteiger partial charge on any atom is 0.329 e. The molecule has 0 spiro atoms. The van der Waals surface area contributed by atoms with Gasteiger partial charge in [0, 0.05) is 29.7 Å². The lowest BCUT2D eigenvalue weighted by molar-refractivity contribution is 0.103. The number of aromatic nitrogens is 2. The fraction of sp³-hybridized carbons (Fsp3) is 0.136. The van der Waals surface area contributed by atoms with Crippen molar-refractivity contribution in [3.8, 4) is 5.75 Å². The minimum Gasteiger partial charge on any atom is -0.497 e. The number of carbonyl (C=O) groups excluding carboxylic acids is 1. The molecule has 2 N–H and O–H groups in total. The Bertz CT molecular complexity index is 1350. The topological polar surface area (TPSA) is 93.2 Å². The molecule has 0 bridgehead atoms. The van der Waals surface area contributed by atoms with Crippen LogP contribution in [0, 0.1) is 0 Å². The number of fused-ring (bicyclic) bond motifs is 3. The smallest absolute Gasteiger partial charge is 0.329 e. The molecule has 0 amide bonds. The van der Waals surface area contributed by atoms with Gasteiger partial charge in [0.25, 0.3) is 5.56 Å². The van der Waals surface area contributed by atoms with Crippen LogP contribution in [0.3, 0.4) is 0 Å². The zero-order chi connectivity index (χ0) is 20.3. The highest BCUT2D eigenvalue weighted by Gasteiger charge is 2.42. The van der Waals surface area contributed by atoms with Gasteiger partial charge in [-0.2, -0.15) is 0 Å². The molecule has 0 fully saturated rings. The lowest BCUT2D eigenvalue weighted by Gasteiger charge is -2.29. The van der Waals surface area contributed by atoms with Crippen molar-refractivity contribution in [1.82, 2.24) is 9.55 Å². The van der Waals surface area contributed by atoms with Crippen LogP contribution in [0.25, 0.3) is 5.70 Å². The Hall–Kier alpha value is -3.87. The van der Waals surface area contributed by atoms with Crippen molar-refractivity contribution >= 4 is 17.3 Å². The maximum absolute atomic E-state index is 13.3. The number of hydrogen-bond acceptors (Lipinski definition) is 5. The number of anilines is 1. The third-order valence-electron chi connectivity index (χ3n) is 5.56. The van der Waals surface area contributed by atoms with E-state index in [0.717, 1.165) is 11.1 Å². The van der Waals surface area contributed by atoms with Crippen molar-refractivity contribution in [2.75, 3.05) is 12.4 Å². The summed E-state index contributed by atoms with van der Waals surface area (Å²) >= 11 is 0. The fourth-order valence-corrected chi connectivity index (χ4v) is 4.19. The van der Waals surface area contributed by atoms with E-state index in [0.29, 0.717) is 34.0 Å². The standard InChI is InChI=1S/C22H17N3O4/c1-25-20-17(21(27)24-22(25)28)15(11-6-5-7-12(10-11)29-2)16-18(23-20)13-8-3-4-9-14(13)19(16)26/h3-10,15,23H,1-2H3,(H,24,27,28)/t15-/m0/s1. The molecule has 1 aliphatic heterocycles. The van der Waals surface area contributed by atoms with E-state index in [2.05, 4.69) is 10.3 Å². The third kappa shape index (κ3) is 2.34. The first-order chi connectivity index (χ1) is 14.0. The van der Waals surface area contributed by atoms with Crippen LogP contribution in [0.4, 0.5) is 5.82 Å². The average molecular weight is 387 g/mol. The van der Waals surface area contributed by atoms with Crippen molar-refractivity contribution in [1.29, 1.82) is 0 Å². The molecule has 3 aromatic rings. The number of nitrogens with one attached hydrogen (secondary N) is 2. The number of hydrogen-bond donors (Lipinski definition) is 2. The van der Waals surface area contributed by atoms with Crippen molar-refractivity contribution in [2.24, 2.45) is 7.05 Å². The monoisotopic (exact) mass is 387 g/mol. The summed E-state index contributed by atoms with van der Waals surface area (Å²) in [4.78, 5) is 40.8. The van der Waals surface area contributed by atoms with Crippen molar-refractivity contribution in [2.45, 2.75) is 5.92 Å². The normalized spacial score (nSPS) is 16.8. The highest BCUT2D eigenvalue weighted by molar-refractivity contribution is 6.23. The molecule has 0 radical (unpaired) electrons. The minimum absolute atomic E-state index is 0.130. The summed E-state index contributed by atoms with van der Waals surface area (Å²) in [5.41, 5.74) is 2.50. The Morgan fingerprint density at radius 3 is 2.52 bits per heavy atom. The fourth-order valence-electron chi connectivity index (χ4n) is 4.19. The van der Waals surface area contributed by atoms with Gasteiger partial charge in [-0.1, -0.05) is 36.4 Å². The number of ketones is 1. The molecule has 2 aliphatic rings. The van der Waals surface area contributed by atoms with Gasteiger partial charge in [0.05, 0.1) is 18.4 Å². The molecule has 144 valence electrons. The van der Waals surface area contributed by atoms with Crippen molar-refractivity contribution in [3.63, 3.8) is 0 Å². The van der Waals surface area contributed by atoms with Crippen molar-refractivity contribution in [3.05, 3.63) is 97.2 Å². The van der Waals surface area contributed by atoms with Gasteiger partial charge in [-0.3, -0.25) is 19.1 Å². The SMILES string of the molecule is COc1cccc([C@H]2C3=C(Nc4c2c(=O)[nH]c(=O)n4C)c2ccccc2C3=O)c1. The molecular formula is C22H17N3O4. The molecule has 0 unspecified atom stereocenters. The van der Waals surface area contributed by atoms with E-state index in [9.17, 15) is 14.4 Å². The van der Waals surface area contributed by atoms with Crippen LogP contribution in [0.2, 0.25) is 0 Å². The average Bonchev–Trinajstić information content (AvgIpc) is 3.03. The molecule has 29 heavy (non-hydrogen) atoms. The highest BCUT2D eigenvalue weighted by Crippen LogP contribution is 2.47. The van der Waals surface area contributed by atoms with E-state index in [4.69, 9.17) is 4.74 Å². The molecule has 1 aliphatic carbocycles. The molecule has 0 saturated heterocycles. The van der Waals surface area contributed by atoms with Crippen LogP contribution in [-0.4, -0.2) is 22.4 Å². The summed E-state index contributed by atoms with van der Waals surface area (Å²) in [5, 5.41) is 3.19. The second kappa shape index (κ2) is 6.07. The zero-order valence-electron chi connectivity index (χ0n) is 15.8. The summed E-state index contributed by atoms with van der Waals surface area (Å²) in [7, 11) is 3.15. The summed E-state index contributed by atoms with van der Waals surface area (Å²) < 4.78 is 6.71. The Labute approximate surface area is 165 Å². The number of ether oxygens (including phenoxy) is 1. The summed E-state index contributed by atoms with van der Waals surface area (Å²) in [6, 6.07) is 14.6. The summed E-state index contributed by atoms with van der Waals surface area (Å²) in [6.45, 7) is 0. The molecule has 2 aromatic carbocycles. The largest absolute Gasteiger partial charge is 0.497 e. The first-order valence-electron chi connectivity index (χ1n) is 9.13. The number of Topliss-reactive ketones (excluding diaryl/α,β-unsaturated/α-hetero) is 1. The Balaban J connectivity index is 1.86. The van der Waals surface area contributed by atoms with Gasteiger partial charge >= 0.3 is 5.69 Å². The number of methoxy groups -OCH3 is 1. The number of H-pyrrole nitrogens is 1. The van der Waals surface area contributed by atoms with E-state index in [-0.39, 0.29) is 5.78 Å². The predicted molar refractivity (Wildman–Crippen MR) is 108 cm³/mol. The lowest BCUT2D eigenvalue weighted by atomic mass is 9.81. The van der Waals surface area contributed by atoms with Crippen LogP contribution < -0.4 is 21.3 Å². The quantitative estimate of drug-likeness (QED) is 0.704. The van der Waals surface area contributed by atoms with Crippen LogP contribution in [0.5, 0.6) is 5.75 Å². The van der Waals surface area contributed by atoms with Gasteiger partial charge < -0.3 is 10.1 Å². The number of nitrogens with zero attached hydrogens (tertiary/aromatic N) is 1. The van der Waals surface area contributed by atoms with Crippen LogP contribution in [-0.2, 0) is 7.05 Å². The van der Waals surface area contributed by atoms with E-state index < -0.39 is 17.2 Å². The van der Waals surface area contributed by atoms with E-state index in [1.54, 1.807) is 26.3 Å². The molecule has 0 saturated carbocycles. The molecular weight excluding hydrogens is 370 g/mol. The number of allylic oxidation sites excluding steroid dienone is 1. The second-order valence-electron chi connectivity index (χ2n) is 7.08. The number of rotatable bonds is 2. The number of carbonyl (C=O) groups is 1. The third-order valence-corrected chi connectivity index (χ3v) is 5.56. The van der Waals surface area contributed by atoms with Gasteiger partial charge in [0.1, 0.15) is 11.6 Å². The zero-order valence-corrected chi connectivity index (χ0v) is 15.8. The predicted octanol–water partition coefficient (Wildman–Crippen LogP) is 2.25. The van der Waals surface area contributed by atoms with Crippen molar-refractivity contribution < 1.29 is 9.53 Å². The van der Waals surface area contributed by atoms with Crippen LogP contribution in [0.1, 0.15) is 33.0 Å². The first kappa shape index (κ1) is 17.2. The second-order valence-corrected chi connectivity index (χ2v) is 7.08. The summed E-state index contributed by atoms with van der Waals surface area (Å²) in [6.07, 6.45) is 0. The van der Waals surface area contributed by atoms with Crippen LogP contribution in [0.15, 0.2) is 63.7 Å². The highest BCUT2D eigenvalue weighted by atomic mass is 16.5. The molecule has 2 heterocycles. The van der Waals surface area contributed by atoms with Gasteiger partial charge in [0.2, 0.25) is 0 Å². The van der Waals surface area contributed by atoms with Gasteiger partial charge in [-0.25, -0.2) is 4.79 Å². The Morgan fingerprint density at radius 1 is 1.00 bits per heavy atom. The number of aromatic amines is 1. The van der Waals surface area contributed by atoms with E-state index in [1.165, 1.54) is 4.57 Å². The Morgan fingerprint density at radius 2 is 1.76 bits per heavy atom. The van der Waals surface area contributed by atoms with Gasteiger partial charge in [0.15, 0.2) is 5.78 Å². The molecule has 1 atom stereocenters. The first-order valence-corrected chi connectivity index (χ1v) is 9.13. The van der Waals surface area contributed by atoms with Gasteiger partial charge in [-0.15, -0.1) is 0 Å². The molecule has 1 aromatic heterocycles. The molecule has 7 nitrogen and oxygen atoms in total. The molecule has 7 heteroatoms. The summed E-state index contributed by atoms with van der Waals surface area (Å²) in [5.74, 6) is 0.241. The van der Waals surface area contributed by atoms with Crippen LogP contribution >= 0.6 is 0 Å². The lowest BCUT2D eigenvalue weighted by Crippen LogP contribution is -2.37. The maximum atomic E-state index is 13.3. The van der Waals surface area contributed by atoms with E-state index >= 15 is 0 Å². The minimum atomic E-state index is -0.633. The Kier molecular flexibility index (Phi) is 3.61. The van der Waals surface area contributed by atoms with E-state index in [1.807, 2.05) is 36.4 Å².